The maximum atomic E-state index is 9.14. The van der Waals surface area contributed by atoms with Gasteiger partial charge in [-0.25, -0.2) is 0 Å². The van der Waals surface area contributed by atoms with Crippen LogP contribution in [-0.4, -0.2) is 13.2 Å². The summed E-state index contributed by atoms with van der Waals surface area (Å²) in [6, 6.07) is 17.2. The maximum Gasteiger partial charge on any atom is 0.146 e. The summed E-state index contributed by atoms with van der Waals surface area (Å²) in [5.41, 5.74) is 1.38. The summed E-state index contributed by atoms with van der Waals surface area (Å²) < 4.78 is 14.7. The molecule has 1 aromatic carbocycles. The number of rotatable bonds is 8. The maximum absolute atomic E-state index is 9.14. The van der Waals surface area contributed by atoms with Gasteiger partial charge in [0, 0.05) is 51.2 Å². The molecule has 0 spiro atoms. The first-order valence-electron chi connectivity index (χ1n) is 12.1. The van der Waals surface area contributed by atoms with E-state index in [0.717, 1.165) is 60.9 Å². The highest BCUT2D eigenvalue weighted by atomic mass is 32.1. The van der Waals surface area contributed by atoms with Crippen LogP contribution in [0.4, 0.5) is 0 Å². The normalized spacial score (nSPS) is 12.2. The average molecular weight is 573 g/mol. The van der Waals surface area contributed by atoms with Crippen LogP contribution in [0.2, 0.25) is 0 Å². The van der Waals surface area contributed by atoms with Crippen molar-refractivity contribution in [1.82, 2.24) is 0 Å². The molecule has 0 fully saturated rings. The summed E-state index contributed by atoms with van der Waals surface area (Å²) in [7, 11) is 0. The predicted octanol–water partition coefficient (Wildman–Crippen LogP) is 10.2. The number of ether oxygens (including phenoxy) is 2. The van der Waals surface area contributed by atoms with E-state index in [9.17, 15) is 0 Å². The third kappa shape index (κ3) is 5.01. The lowest BCUT2D eigenvalue weighted by Crippen LogP contribution is -1.95. The van der Waals surface area contributed by atoms with Gasteiger partial charge in [0.2, 0.25) is 0 Å². The molecule has 0 saturated heterocycles. The van der Waals surface area contributed by atoms with E-state index in [4.69, 9.17) is 20.0 Å². The fraction of sp³-hybridized carbons (Fsp3) is 0.200. The summed E-state index contributed by atoms with van der Waals surface area (Å²) in [6.45, 7) is 8.81. The van der Waals surface area contributed by atoms with Crippen LogP contribution in [0.25, 0.3) is 51.8 Å². The molecule has 0 aliphatic rings. The van der Waals surface area contributed by atoms with Gasteiger partial charge in [-0.2, -0.15) is 10.5 Å². The Labute approximate surface area is 237 Å². The lowest BCUT2D eigenvalue weighted by molar-refractivity contribution is 0.343. The van der Waals surface area contributed by atoms with Crippen molar-refractivity contribution in [2.24, 2.45) is 0 Å². The number of nitrogens with zero attached hydrogens (tertiary/aromatic N) is 2. The molecule has 38 heavy (non-hydrogen) atoms. The zero-order chi connectivity index (χ0) is 26.8. The molecule has 0 amide bonds. The zero-order valence-electron chi connectivity index (χ0n) is 21.4. The van der Waals surface area contributed by atoms with Crippen LogP contribution in [0.1, 0.15) is 37.4 Å². The first-order valence-corrected chi connectivity index (χ1v) is 15.4. The number of fused-ring (bicyclic) bond motifs is 2. The van der Waals surface area contributed by atoms with Crippen molar-refractivity contribution < 1.29 is 9.47 Å². The molecule has 0 N–H and O–H groups in total. The van der Waals surface area contributed by atoms with Crippen LogP contribution in [0.5, 0.6) is 11.5 Å². The average Bonchev–Trinajstić information content (AvgIpc) is 3.71. The first-order chi connectivity index (χ1) is 18.4. The molecule has 5 rings (SSSR count). The number of hydrogen-bond acceptors (Lipinski definition) is 8. The molecule has 4 heterocycles. The van der Waals surface area contributed by atoms with Gasteiger partial charge in [-0.05, 0) is 76.2 Å². The number of allylic oxidation sites excluding steroid dienone is 2. The number of hydrogen-bond donors (Lipinski definition) is 0. The highest BCUT2D eigenvalue weighted by molar-refractivity contribution is 7.28. The van der Waals surface area contributed by atoms with E-state index < -0.39 is 0 Å². The fourth-order valence-electron chi connectivity index (χ4n) is 4.14. The number of thiophene rings is 4. The minimum atomic E-state index is 0.569. The second-order valence-electron chi connectivity index (χ2n) is 8.51. The van der Waals surface area contributed by atoms with Crippen LogP contribution >= 0.6 is 45.3 Å². The van der Waals surface area contributed by atoms with E-state index in [1.54, 1.807) is 45.3 Å². The molecule has 0 atom stereocenters. The fourth-order valence-corrected chi connectivity index (χ4v) is 8.66. The Morgan fingerprint density at radius 2 is 1.11 bits per heavy atom. The van der Waals surface area contributed by atoms with Gasteiger partial charge < -0.3 is 9.47 Å². The van der Waals surface area contributed by atoms with Crippen molar-refractivity contribution in [2.45, 2.75) is 27.7 Å². The van der Waals surface area contributed by atoms with Crippen molar-refractivity contribution in [2.75, 3.05) is 13.2 Å². The summed E-state index contributed by atoms with van der Waals surface area (Å²) in [5.74, 6) is 1.79. The summed E-state index contributed by atoms with van der Waals surface area (Å²) in [4.78, 5) is 6.75. The lowest BCUT2D eigenvalue weighted by atomic mass is 10.1. The van der Waals surface area contributed by atoms with Gasteiger partial charge in [-0.1, -0.05) is 0 Å². The Bertz CT molecular complexity index is 1610. The third-order valence-electron chi connectivity index (χ3n) is 5.75. The molecule has 0 unspecified atom stereocenters. The zero-order valence-corrected chi connectivity index (χ0v) is 24.6. The van der Waals surface area contributed by atoms with E-state index in [-0.39, 0.29) is 0 Å². The topological polar surface area (TPSA) is 66.0 Å². The predicted molar refractivity (Wildman–Crippen MR) is 165 cm³/mol. The van der Waals surface area contributed by atoms with Gasteiger partial charge in [0.05, 0.1) is 34.8 Å². The summed E-state index contributed by atoms with van der Waals surface area (Å²) in [6.07, 6.45) is 3.84. The SMILES string of the molecule is CCOc1c2cc(-c3ccc(C=C(C)C#N)s3)sc2c(OCC)c2cc(-c3ccc(C=C(C)C#N)s3)sc12. The van der Waals surface area contributed by atoms with Crippen molar-refractivity contribution in [1.29, 1.82) is 10.5 Å². The number of nitriles is 2. The van der Waals surface area contributed by atoms with Crippen molar-refractivity contribution in [3.8, 4) is 43.1 Å². The van der Waals surface area contributed by atoms with Crippen LogP contribution in [0, 0.1) is 22.7 Å². The summed E-state index contributed by atoms with van der Waals surface area (Å²) >= 11 is 6.79. The summed E-state index contributed by atoms with van der Waals surface area (Å²) in [5, 5.41) is 20.4. The van der Waals surface area contributed by atoms with Crippen LogP contribution < -0.4 is 9.47 Å². The molecule has 8 heteroatoms. The van der Waals surface area contributed by atoms with Gasteiger partial charge in [0.1, 0.15) is 11.5 Å². The van der Waals surface area contributed by atoms with Crippen LogP contribution in [0.15, 0.2) is 47.5 Å². The molecule has 0 aliphatic heterocycles. The largest absolute Gasteiger partial charge is 0.492 e. The Balaban J connectivity index is 1.67. The van der Waals surface area contributed by atoms with E-state index in [1.807, 2.05) is 39.8 Å². The molecule has 0 saturated carbocycles. The molecule has 5 aromatic rings. The molecular weight excluding hydrogens is 549 g/mol. The second-order valence-corrected chi connectivity index (χ2v) is 12.8. The van der Waals surface area contributed by atoms with Gasteiger partial charge in [-0.15, -0.1) is 45.3 Å². The van der Waals surface area contributed by atoms with Crippen molar-refractivity contribution in [3.63, 3.8) is 0 Å². The molecule has 0 bridgehead atoms. The smallest absolute Gasteiger partial charge is 0.146 e. The van der Waals surface area contributed by atoms with E-state index in [0.29, 0.717) is 24.4 Å². The Morgan fingerprint density at radius 3 is 1.47 bits per heavy atom. The third-order valence-corrected chi connectivity index (χ3v) is 10.5. The first kappa shape index (κ1) is 26.2. The quantitative estimate of drug-likeness (QED) is 0.174. The lowest BCUT2D eigenvalue weighted by Gasteiger charge is -2.11. The minimum Gasteiger partial charge on any atom is -0.492 e. The standard InChI is InChI=1S/C30H24N2O2S4/c1-5-33-27-21-13-25(23-9-7-19(35-23)11-17(3)15-31)38-30(21)28(34-6-2)22-14-26(37-29(22)27)24-10-8-20(36-24)12-18(4)16-32/h7-14H,5-6H2,1-4H3. The van der Waals surface area contributed by atoms with E-state index >= 15 is 0 Å². The van der Waals surface area contributed by atoms with E-state index in [1.165, 1.54) is 0 Å². The molecule has 190 valence electrons. The molecule has 4 nitrogen and oxygen atoms in total. The van der Waals surface area contributed by atoms with Gasteiger partial charge in [-0.3, -0.25) is 0 Å². The highest BCUT2D eigenvalue weighted by Gasteiger charge is 2.23. The van der Waals surface area contributed by atoms with Gasteiger partial charge in [0.15, 0.2) is 0 Å². The molecule has 0 radical (unpaired) electrons. The minimum absolute atomic E-state index is 0.569. The molecular formula is C30H24N2O2S4. The van der Waals surface area contributed by atoms with Crippen molar-refractivity contribution in [3.05, 3.63) is 57.3 Å². The number of benzene rings is 1. The van der Waals surface area contributed by atoms with Crippen LogP contribution in [-0.2, 0) is 0 Å². The monoisotopic (exact) mass is 572 g/mol. The van der Waals surface area contributed by atoms with E-state index in [2.05, 4.69) is 48.5 Å². The van der Waals surface area contributed by atoms with Gasteiger partial charge in [0.25, 0.3) is 0 Å². The Kier molecular flexibility index (Phi) is 7.69. The molecule has 4 aromatic heterocycles. The second kappa shape index (κ2) is 11.1. The molecule has 0 aliphatic carbocycles. The van der Waals surface area contributed by atoms with Crippen molar-refractivity contribution >= 4 is 77.7 Å². The Hall–Kier alpha value is -3.40. The highest BCUT2D eigenvalue weighted by Crippen LogP contribution is 2.53. The van der Waals surface area contributed by atoms with Crippen LogP contribution in [0.3, 0.4) is 0 Å². The Morgan fingerprint density at radius 1 is 0.684 bits per heavy atom. The van der Waals surface area contributed by atoms with Gasteiger partial charge >= 0.3 is 0 Å².